The van der Waals surface area contributed by atoms with Crippen molar-refractivity contribution in [1.82, 2.24) is 10.2 Å². The highest BCUT2D eigenvalue weighted by Gasteiger charge is 2.35. The fraction of sp³-hybridized carbons (Fsp3) is 0.696. The predicted molar refractivity (Wildman–Crippen MR) is 122 cm³/mol. The minimum atomic E-state index is 0.240. The van der Waals surface area contributed by atoms with Gasteiger partial charge in [-0.05, 0) is 38.3 Å². The molecule has 1 aliphatic carbocycles. The molecule has 0 aromatic heterocycles. The van der Waals surface area contributed by atoms with Gasteiger partial charge in [-0.25, -0.2) is 0 Å². The summed E-state index contributed by atoms with van der Waals surface area (Å²) in [5, 5.41) is 3.53. The maximum absolute atomic E-state index is 5.75. The Morgan fingerprint density at radius 2 is 2.03 bits per heavy atom. The van der Waals surface area contributed by atoms with Crippen LogP contribution in [0.2, 0.25) is 0 Å². The summed E-state index contributed by atoms with van der Waals surface area (Å²) in [5.41, 5.74) is 0. The van der Waals surface area contributed by atoms with E-state index in [0.29, 0.717) is 19.1 Å². The molecule has 162 valence electrons. The minimum absolute atomic E-state index is 0.240. The fourth-order valence-electron chi connectivity index (χ4n) is 4.25. The quantitative estimate of drug-likeness (QED) is 0.352. The van der Waals surface area contributed by atoms with Crippen molar-refractivity contribution in [2.75, 3.05) is 53.1 Å². The van der Waals surface area contributed by atoms with Gasteiger partial charge in [-0.15, -0.1) is 11.8 Å². The van der Waals surface area contributed by atoms with Crippen LogP contribution in [0.5, 0.6) is 0 Å². The molecule has 1 unspecified atom stereocenters. The van der Waals surface area contributed by atoms with Crippen LogP contribution in [-0.2, 0) is 9.47 Å². The van der Waals surface area contributed by atoms with Crippen LogP contribution in [0.15, 0.2) is 40.2 Å². The second-order valence-corrected chi connectivity index (χ2v) is 9.69. The third-order valence-corrected chi connectivity index (χ3v) is 7.29. The lowest BCUT2D eigenvalue weighted by molar-refractivity contribution is 0.0536. The summed E-state index contributed by atoms with van der Waals surface area (Å²) in [6.07, 6.45) is 6.31. The SMILES string of the molecule is CCNC(=NCC1(Sc2ccccc2)CCCC1)N1CCC(COCCOC)C1. The standard InChI is InChI=1S/C23H37N3O2S/c1-3-24-22(26-14-11-20(17-26)18-28-16-15-27-2)25-19-23(12-7-8-13-23)29-21-9-5-4-6-10-21/h4-6,9-10,20H,3,7-8,11-19H2,1-2H3,(H,24,25). The first kappa shape index (κ1) is 22.4. The van der Waals surface area contributed by atoms with Gasteiger partial charge in [0.25, 0.3) is 0 Å². The summed E-state index contributed by atoms with van der Waals surface area (Å²) in [7, 11) is 1.72. The maximum Gasteiger partial charge on any atom is 0.193 e. The van der Waals surface area contributed by atoms with Crippen molar-refractivity contribution in [1.29, 1.82) is 0 Å². The van der Waals surface area contributed by atoms with Crippen LogP contribution < -0.4 is 5.32 Å². The zero-order valence-corrected chi connectivity index (χ0v) is 18.9. The highest BCUT2D eigenvalue weighted by Crippen LogP contribution is 2.45. The first-order chi connectivity index (χ1) is 14.2. The number of rotatable bonds is 10. The van der Waals surface area contributed by atoms with Crippen LogP contribution in [0.4, 0.5) is 0 Å². The largest absolute Gasteiger partial charge is 0.382 e. The van der Waals surface area contributed by atoms with Crippen LogP contribution in [0.1, 0.15) is 39.0 Å². The number of guanidine groups is 1. The van der Waals surface area contributed by atoms with Crippen LogP contribution in [0, 0.1) is 5.92 Å². The Kier molecular flexibility index (Phi) is 9.15. The molecule has 1 aliphatic heterocycles. The van der Waals surface area contributed by atoms with Crippen LogP contribution in [-0.4, -0.2) is 68.7 Å². The van der Waals surface area contributed by atoms with E-state index in [1.807, 2.05) is 11.8 Å². The van der Waals surface area contributed by atoms with E-state index in [9.17, 15) is 0 Å². The van der Waals surface area contributed by atoms with E-state index in [1.54, 1.807) is 7.11 Å². The van der Waals surface area contributed by atoms with E-state index in [-0.39, 0.29) is 4.75 Å². The molecule has 0 spiro atoms. The molecule has 29 heavy (non-hydrogen) atoms. The topological polar surface area (TPSA) is 46.1 Å². The van der Waals surface area contributed by atoms with E-state index in [0.717, 1.165) is 38.7 Å². The number of nitrogens with one attached hydrogen (secondary N) is 1. The molecule has 5 nitrogen and oxygen atoms in total. The van der Waals surface area contributed by atoms with Crippen molar-refractivity contribution in [2.45, 2.75) is 48.7 Å². The summed E-state index contributed by atoms with van der Waals surface area (Å²) in [6, 6.07) is 10.8. The summed E-state index contributed by atoms with van der Waals surface area (Å²) in [6.45, 7) is 8.19. The molecule has 0 bridgehead atoms. The lowest BCUT2D eigenvalue weighted by Crippen LogP contribution is -2.41. The molecule has 1 atom stereocenters. The third-order valence-electron chi connectivity index (χ3n) is 5.81. The first-order valence-electron chi connectivity index (χ1n) is 11.1. The van der Waals surface area contributed by atoms with Crippen LogP contribution in [0.3, 0.4) is 0 Å². The normalized spacial score (nSPS) is 21.7. The summed E-state index contributed by atoms with van der Waals surface area (Å²) >= 11 is 2.03. The molecule has 1 saturated carbocycles. The van der Waals surface area contributed by atoms with E-state index < -0.39 is 0 Å². The van der Waals surface area contributed by atoms with Gasteiger partial charge in [0.05, 0.1) is 26.4 Å². The Morgan fingerprint density at radius 3 is 2.76 bits per heavy atom. The van der Waals surface area contributed by atoms with Crippen molar-refractivity contribution in [3.05, 3.63) is 30.3 Å². The molecule has 2 fully saturated rings. The lowest BCUT2D eigenvalue weighted by atomic mass is 10.1. The molecule has 6 heteroatoms. The second-order valence-electron chi connectivity index (χ2n) is 8.14. The zero-order chi connectivity index (χ0) is 20.4. The van der Waals surface area contributed by atoms with Crippen molar-refractivity contribution in [2.24, 2.45) is 10.9 Å². The molecule has 1 N–H and O–H groups in total. The Balaban J connectivity index is 1.59. The molecule has 0 radical (unpaired) electrons. The number of ether oxygens (including phenoxy) is 2. The molecule has 1 saturated heterocycles. The number of nitrogens with zero attached hydrogens (tertiary/aromatic N) is 2. The van der Waals surface area contributed by atoms with Crippen LogP contribution >= 0.6 is 11.8 Å². The number of aliphatic imine (C=N–C) groups is 1. The second kappa shape index (κ2) is 11.8. The van der Waals surface area contributed by atoms with Gasteiger partial charge in [-0.3, -0.25) is 4.99 Å². The lowest BCUT2D eigenvalue weighted by Gasteiger charge is -2.28. The highest BCUT2D eigenvalue weighted by atomic mass is 32.2. The minimum Gasteiger partial charge on any atom is -0.382 e. The monoisotopic (exact) mass is 419 g/mol. The van der Waals surface area contributed by atoms with Gasteiger partial charge >= 0.3 is 0 Å². The maximum atomic E-state index is 5.75. The number of benzene rings is 1. The number of hydrogen-bond donors (Lipinski definition) is 1. The van der Waals surface area contributed by atoms with Crippen molar-refractivity contribution >= 4 is 17.7 Å². The van der Waals surface area contributed by atoms with Gasteiger partial charge in [0.2, 0.25) is 0 Å². The first-order valence-corrected chi connectivity index (χ1v) is 11.9. The Hall–Kier alpha value is -1.24. The van der Waals surface area contributed by atoms with Crippen molar-refractivity contribution in [3.63, 3.8) is 0 Å². The van der Waals surface area contributed by atoms with E-state index in [4.69, 9.17) is 14.5 Å². The molecule has 1 aromatic carbocycles. The smallest absolute Gasteiger partial charge is 0.193 e. The molecular formula is C23H37N3O2S. The van der Waals surface area contributed by atoms with Gasteiger partial charge in [0.15, 0.2) is 5.96 Å². The average Bonchev–Trinajstić information content (AvgIpc) is 3.40. The Morgan fingerprint density at radius 1 is 1.24 bits per heavy atom. The molecule has 1 heterocycles. The predicted octanol–water partition coefficient (Wildman–Crippen LogP) is 4.04. The summed E-state index contributed by atoms with van der Waals surface area (Å²) < 4.78 is 11.1. The van der Waals surface area contributed by atoms with Gasteiger partial charge in [0.1, 0.15) is 0 Å². The number of likely N-dealkylation sites (tertiary alicyclic amines) is 1. The van der Waals surface area contributed by atoms with Crippen molar-refractivity contribution in [3.8, 4) is 0 Å². The Bertz CT molecular complexity index is 620. The summed E-state index contributed by atoms with van der Waals surface area (Å²) in [5.74, 6) is 1.65. The number of hydrogen-bond acceptors (Lipinski definition) is 4. The molecule has 1 aromatic rings. The van der Waals surface area contributed by atoms with E-state index in [2.05, 4.69) is 47.5 Å². The fourth-order valence-corrected chi connectivity index (χ4v) is 5.66. The number of thioether (sulfide) groups is 1. The molecular weight excluding hydrogens is 382 g/mol. The average molecular weight is 420 g/mol. The van der Waals surface area contributed by atoms with Gasteiger partial charge in [0, 0.05) is 42.3 Å². The highest BCUT2D eigenvalue weighted by molar-refractivity contribution is 8.00. The van der Waals surface area contributed by atoms with Gasteiger partial charge < -0.3 is 19.7 Å². The number of methoxy groups -OCH3 is 1. The Labute approximate surface area is 180 Å². The van der Waals surface area contributed by atoms with Crippen molar-refractivity contribution < 1.29 is 9.47 Å². The molecule has 0 amide bonds. The molecule has 3 rings (SSSR count). The van der Waals surface area contributed by atoms with Gasteiger partial charge in [-0.2, -0.15) is 0 Å². The third kappa shape index (κ3) is 6.90. The van der Waals surface area contributed by atoms with Crippen LogP contribution in [0.25, 0.3) is 0 Å². The molecule has 2 aliphatic rings. The van der Waals surface area contributed by atoms with Gasteiger partial charge in [-0.1, -0.05) is 31.0 Å². The zero-order valence-electron chi connectivity index (χ0n) is 18.1. The summed E-state index contributed by atoms with van der Waals surface area (Å²) in [4.78, 5) is 8.92. The van der Waals surface area contributed by atoms with E-state index in [1.165, 1.54) is 37.0 Å². The van der Waals surface area contributed by atoms with E-state index >= 15 is 0 Å².